The molecule has 1 unspecified atom stereocenters. The van der Waals surface area contributed by atoms with E-state index in [1.807, 2.05) is 0 Å². The number of imidazole rings is 1. The highest BCUT2D eigenvalue weighted by molar-refractivity contribution is 7.50. The molecule has 40 heavy (non-hydrogen) atoms. The Morgan fingerprint density at radius 1 is 1.30 bits per heavy atom. The SMILES string of the molecule is CCCC(CCC)COC(=O)[C@H](C)NP(=O)(O)OC[C@H]1O[C@@H](n2cnc3c(OCC)nc(N)nc32)[C@](C)(N)[C@@H]1O. The third-order valence-corrected chi connectivity index (χ3v) is 7.96. The number of nitrogens with one attached hydrogen (secondary N) is 1. The predicted octanol–water partition coefficient (Wildman–Crippen LogP) is 1.64. The van der Waals surface area contributed by atoms with Crippen LogP contribution in [0.5, 0.6) is 5.88 Å². The molecule has 7 N–H and O–H groups in total. The number of fused-ring (bicyclic) bond motifs is 1. The molecule has 1 saturated heterocycles. The maximum Gasteiger partial charge on any atom is 0.403 e. The number of hydrogen-bond donors (Lipinski definition) is 5. The van der Waals surface area contributed by atoms with E-state index in [9.17, 15) is 19.4 Å². The number of nitrogens with two attached hydrogens (primary N) is 2. The Morgan fingerprint density at radius 3 is 2.60 bits per heavy atom. The van der Waals surface area contributed by atoms with Crippen LogP contribution in [0.3, 0.4) is 0 Å². The van der Waals surface area contributed by atoms with Gasteiger partial charge < -0.3 is 35.7 Å². The van der Waals surface area contributed by atoms with Crippen molar-refractivity contribution >= 4 is 30.8 Å². The number of rotatable bonds is 15. The molecule has 15 nitrogen and oxygen atoms in total. The number of nitrogen functional groups attached to an aromatic ring is 1. The molecule has 0 spiro atoms. The van der Waals surface area contributed by atoms with Crippen LogP contribution in [0.2, 0.25) is 0 Å². The molecule has 0 aliphatic carbocycles. The number of carbonyl (C=O) groups is 1. The molecule has 0 radical (unpaired) electrons. The molecule has 3 heterocycles. The topological polar surface area (TPSA) is 219 Å². The fraction of sp³-hybridized carbons (Fsp3) is 0.750. The lowest BCUT2D eigenvalue weighted by molar-refractivity contribution is -0.146. The zero-order valence-electron chi connectivity index (χ0n) is 23.6. The number of ether oxygens (including phenoxy) is 3. The van der Waals surface area contributed by atoms with Crippen LogP contribution >= 0.6 is 7.75 Å². The Bertz CT molecular complexity index is 1190. The minimum absolute atomic E-state index is 0.0546. The normalized spacial score (nSPS) is 25.3. The highest BCUT2D eigenvalue weighted by Gasteiger charge is 2.52. The Balaban J connectivity index is 1.64. The Labute approximate surface area is 233 Å². The van der Waals surface area contributed by atoms with E-state index in [0.717, 1.165) is 25.7 Å². The van der Waals surface area contributed by atoms with Crippen LogP contribution < -0.4 is 21.3 Å². The monoisotopic (exact) mass is 587 g/mol. The van der Waals surface area contributed by atoms with Crippen molar-refractivity contribution < 1.29 is 38.1 Å². The molecule has 1 aliphatic rings. The first-order chi connectivity index (χ1) is 18.8. The summed E-state index contributed by atoms with van der Waals surface area (Å²) in [6.45, 7) is 8.95. The van der Waals surface area contributed by atoms with Crippen LogP contribution in [-0.4, -0.2) is 79.1 Å². The van der Waals surface area contributed by atoms with Crippen LogP contribution in [-0.2, 0) is 23.4 Å². The van der Waals surface area contributed by atoms with E-state index < -0.39 is 50.3 Å². The Morgan fingerprint density at radius 2 is 1.98 bits per heavy atom. The quantitative estimate of drug-likeness (QED) is 0.148. The average Bonchev–Trinajstić information content (AvgIpc) is 3.39. The maximum absolute atomic E-state index is 12.7. The molecule has 0 bridgehead atoms. The number of anilines is 1. The van der Waals surface area contributed by atoms with Crippen molar-refractivity contribution in [2.75, 3.05) is 25.6 Å². The third kappa shape index (κ3) is 7.46. The fourth-order valence-corrected chi connectivity index (χ4v) is 5.72. The van der Waals surface area contributed by atoms with Gasteiger partial charge in [-0.05, 0) is 39.5 Å². The summed E-state index contributed by atoms with van der Waals surface area (Å²) in [6.07, 6.45) is 1.81. The van der Waals surface area contributed by atoms with Gasteiger partial charge in [-0.3, -0.25) is 13.9 Å². The van der Waals surface area contributed by atoms with Gasteiger partial charge in [0.1, 0.15) is 18.2 Å². The zero-order chi connectivity index (χ0) is 29.7. The minimum atomic E-state index is -4.49. The molecule has 2 aromatic heterocycles. The second kappa shape index (κ2) is 13.5. The third-order valence-electron chi connectivity index (χ3n) is 6.74. The molecular formula is C24H42N7O8P. The van der Waals surface area contributed by atoms with Gasteiger partial charge in [0.05, 0.1) is 31.7 Å². The van der Waals surface area contributed by atoms with E-state index >= 15 is 0 Å². The minimum Gasteiger partial charge on any atom is -0.476 e. The van der Waals surface area contributed by atoms with Crippen molar-refractivity contribution in [1.29, 1.82) is 0 Å². The average molecular weight is 588 g/mol. The lowest BCUT2D eigenvalue weighted by Gasteiger charge is -2.28. The molecular weight excluding hydrogens is 545 g/mol. The largest absolute Gasteiger partial charge is 0.476 e. The first-order valence-electron chi connectivity index (χ1n) is 13.5. The van der Waals surface area contributed by atoms with Crippen molar-refractivity contribution in [3.63, 3.8) is 0 Å². The van der Waals surface area contributed by atoms with E-state index in [0.29, 0.717) is 12.1 Å². The molecule has 0 amide bonds. The van der Waals surface area contributed by atoms with E-state index in [1.165, 1.54) is 17.8 Å². The van der Waals surface area contributed by atoms with E-state index in [-0.39, 0.29) is 30.0 Å². The zero-order valence-corrected chi connectivity index (χ0v) is 24.5. The number of aliphatic hydroxyl groups excluding tert-OH is 1. The summed E-state index contributed by atoms with van der Waals surface area (Å²) in [7, 11) is -4.49. The Kier molecular flexibility index (Phi) is 10.9. The van der Waals surface area contributed by atoms with E-state index in [4.69, 9.17) is 30.2 Å². The van der Waals surface area contributed by atoms with Crippen LogP contribution in [0.25, 0.3) is 11.2 Å². The molecule has 1 aliphatic heterocycles. The Hall–Kier alpha value is -2.39. The van der Waals surface area contributed by atoms with Crippen molar-refractivity contribution in [3.05, 3.63) is 6.33 Å². The predicted molar refractivity (Wildman–Crippen MR) is 146 cm³/mol. The fourth-order valence-electron chi connectivity index (χ4n) is 4.71. The second-order valence-corrected chi connectivity index (χ2v) is 11.8. The van der Waals surface area contributed by atoms with E-state index in [2.05, 4.69) is 33.9 Å². The summed E-state index contributed by atoms with van der Waals surface area (Å²) in [4.78, 5) is 35.3. The summed E-state index contributed by atoms with van der Waals surface area (Å²) in [5.74, 6) is -0.293. The summed E-state index contributed by atoms with van der Waals surface area (Å²) < 4.78 is 36.2. The second-order valence-electron chi connectivity index (χ2n) is 10.2. The molecule has 2 aromatic rings. The number of esters is 1. The standard InChI is InChI=1S/C24H42N7O8P/c1-6-9-15(10-7-2)11-37-21(33)14(4)30-40(34,35)38-12-16-18(32)24(5,26)22(39-16)31-13-27-17-19(31)28-23(25)29-20(17)36-8-3/h13-16,18,22,32H,6-12,26H2,1-5H3,(H2,25,28,29)(H2,30,34,35)/t14-,16+,18+,22+,24+/m0/s1. The van der Waals surface area contributed by atoms with Gasteiger partial charge in [-0.25, -0.2) is 14.6 Å². The summed E-state index contributed by atoms with van der Waals surface area (Å²) in [5, 5.41) is 13.2. The van der Waals surface area contributed by atoms with Gasteiger partial charge in [0.2, 0.25) is 11.8 Å². The molecule has 0 saturated carbocycles. The van der Waals surface area contributed by atoms with Crippen LogP contribution in [0.1, 0.15) is 66.5 Å². The number of hydrogen-bond acceptors (Lipinski definition) is 12. The molecule has 3 rings (SSSR count). The van der Waals surface area contributed by atoms with Gasteiger partial charge in [-0.1, -0.05) is 26.7 Å². The smallest absolute Gasteiger partial charge is 0.403 e. The van der Waals surface area contributed by atoms with Crippen LogP contribution in [0.4, 0.5) is 5.95 Å². The molecule has 16 heteroatoms. The molecule has 0 aromatic carbocycles. The van der Waals surface area contributed by atoms with Crippen molar-refractivity contribution in [2.24, 2.45) is 11.7 Å². The van der Waals surface area contributed by atoms with Gasteiger partial charge >= 0.3 is 13.7 Å². The molecule has 6 atom stereocenters. The van der Waals surface area contributed by atoms with E-state index in [1.54, 1.807) is 13.8 Å². The maximum atomic E-state index is 12.7. The van der Waals surface area contributed by atoms with Gasteiger partial charge in [-0.15, -0.1) is 0 Å². The van der Waals surface area contributed by atoms with Gasteiger partial charge in [-0.2, -0.15) is 9.97 Å². The highest BCUT2D eigenvalue weighted by Crippen LogP contribution is 2.42. The first-order valence-corrected chi connectivity index (χ1v) is 15.1. The number of aliphatic hydroxyl groups is 1. The summed E-state index contributed by atoms with van der Waals surface area (Å²) in [5.41, 5.74) is 11.5. The van der Waals surface area contributed by atoms with Crippen molar-refractivity contribution in [2.45, 2.75) is 90.3 Å². The number of nitrogens with zero attached hydrogens (tertiary/aromatic N) is 4. The van der Waals surface area contributed by atoms with Gasteiger partial charge in [0, 0.05) is 0 Å². The summed E-state index contributed by atoms with van der Waals surface area (Å²) in [6, 6.07) is -1.11. The van der Waals surface area contributed by atoms with Crippen LogP contribution in [0.15, 0.2) is 6.33 Å². The van der Waals surface area contributed by atoms with Gasteiger partial charge in [0.25, 0.3) is 0 Å². The lowest BCUT2D eigenvalue weighted by Crippen LogP contribution is -2.52. The molecule has 226 valence electrons. The lowest BCUT2D eigenvalue weighted by atomic mass is 9.93. The van der Waals surface area contributed by atoms with Crippen molar-refractivity contribution in [3.8, 4) is 5.88 Å². The van der Waals surface area contributed by atoms with Crippen LogP contribution in [0, 0.1) is 5.92 Å². The highest BCUT2D eigenvalue weighted by atomic mass is 31.2. The van der Waals surface area contributed by atoms with Gasteiger partial charge in [0.15, 0.2) is 17.4 Å². The molecule has 1 fully saturated rings. The van der Waals surface area contributed by atoms with Crippen molar-refractivity contribution in [1.82, 2.24) is 24.6 Å². The summed E-state index contributed by atoms with van der Waals surface area (Å²) >= 11 is 0. The first kappa shape index (κ1) is 32.1. The number of carbonyl (C=O) groups excluding carboxylic acids is 1. The number of aromatic nitrogens is 4.